The molecule has 0 saturated heterocycles. The molecule has 1 aromatic rings. The Bertz CT molecular complexity index is 339. The molecule has 12 heavy (non-hydrogen) atoms. The molecule has 0 bridgehead atoms. The molecule has 1 heterocycles. The first kappa shape index (κ1) is 8.82. The monoisotopic (exact) mass is 163 g/mol. The fraction of sp³-hybridized carbons (Fsp3) is 0.444. The van der Waals surface area contributed by atoms with Gasteiger partial charge >= 0.3 is 0 Å². The van der Waals surface area contributed by atoms with Crippen LogP contribution in [0.4, 0.5) is 0 Å². The Hall–Kier alpha value is -1.27. The molecule has 1 rings (SSSR count). The SMILES string of the molecule is Cc1nn(C)c(C)c1C#CCN. The lowest BCUT2D eigenvalue weighted by Crippen LogP contribution is -1.94. The van der Waals surface area contributed by atoms with Crippen molar-refractivity contribution in [1.29, 1.82) is 0 Å². The molecular formula is C9H13N3. The van der Waals surface area contributed by atoms with Gasteiger partial charge in [0.05, 0.1) is 23.5 Å². The first-order valence-electron chi connectivity index (χ1n) is 3.86. The summed E-state index contributed by atoms with van der Waals surface area (Å²) in [4.78, 5) is 0. The maximum absolute atomic E-state index is 5.28. The first-order chi connectivity index (χ1) is 5.66. The van der Waals surface area contributed by atoms with E-state index >= 15 is 0 Å². The minimum absolute atomic E-state index is 0.397. The number of hydrogen-bond acceptors (Lipinski definition) is 2. The number of aromatic nitrogens is 2. The topological polar surface area (TPSA) is 43.8 Å². The van der Waals surface area contributed by atoms with E-state index in [1.165, 1.54) is 0 Å². The van der Waals surface area contributed by atoms with Crippen molar-refractivity contribution >= 4 is 0 Å². The number of nitrogens with zero attached hydrogens (tertiary/aromatic N) is 2. The highest BCUT2D eigenvalue weighted by Gasteiger charge is 2.05. The second-order valence-corrected chi connectivity index (χ2v) is 2.68. The normalized spacial score (nSPS) is 9.33. The van der Waals surface area contributed by atoms with Crippen molar-refractivity contribution in [2.24, 2.45) is 12.8 Å². The number of rotatable bonds is 0. The van der Waals surface area contributed by atoms with Gasteiger partial charge in [-0.1, -0.05) is 11.8 Å². The minimum Gasteiger partial charge on any atom is -0.320 e. The van der Waals surface area contributed by atoms with Gasteiger partial charge in [0.2, 0.25) is 0 Å². The highest BCUT2D eigenvalue weighted by molar-refractivity contribution is 5.41. The summed E-state index contributed by atoms with van der Waals surface area (Å²) < 4.78 is 1.83. The third kappa shape index (κ3) is 1.49. The third-order valence-electron chi connectivity index (χ3n) is 1.82. The Kier molecular flexibility index (Phi) is 2.51. The Labute approximate surface area is 72.6 Å². The molecule has 0 fully saturated rings. The lowest BCUT2D eigenvalue weighted by Gasteiger charge is -1.91. The fourth-order valence-corrected chi connectivity index (χ4v) is 1.09. The summed E-state index contributed by atoms with van der Waals surface area (Å²) in [5, 5.41) is 4.24. The zero-order valence-corrected chi connectivity index (χ0v) is 7.68. The van der Waals surface area contributed by atoms with Crippen LogP contribution in [0.15, 0.2) is 0 Å². The van der Waals surface area contributed by atoms with E-state index in [2.05, 4.69) is 16.9 Å². The quantitative estimate of drug-likeness (QED) is 0.561. The summed E-state index contributed by atoms with van der Waals surface area (Å²) in [6, 6.07) is 0. The van der Waals surface area contributed by atoms with Gasteiger partial charge in [-0.2, -0.15) is 5.10 Å². The molecule has 3 heteroatoms. The van der Waals surface area contributed by atoms with Crippen LogP contribution in [0.5, 0.6) is 0 Å². The smallest absolute Gasteiger partial charge is 0.0752 e. The van der Waals surface area contributed by atoms with Gasteiger partial charge in [0.1, 0.15) is 0 Å². The van der Waals surface area contributed by atoms with Crippen molar-refractivity contribution in [3.05, 3.63) is 17.0 Å². The molecule has 0 amide bonds. The van der Waals surface area contributed by atoms with Crippen LogP contribution in [-0.2, 0) is 7.05 Å². The van der Waals surface area contributed by atoms with Gasteiger partial charge < -0.3 is 5.73 Å². The standard InChI is InChI=1S/C9H13N3/c1-7-9(5-4-6-10)8(2)12(3)11-7/h6,10H2,1-3H3. The van der Waals surface area contributed by atoms with Gasteiger partial charge in [0.15, 0.2) is 0 Å². The van der Waals surface area contributed by atoms with E-state index < -0.39 is 0 Å². The van der Waals surface area contributed by atoms with Crippen LogP contribution < -0.4 is 5.73 Å². The Morgan fingerprint density at radius 2 is 2.17 bits per heavy atom. The van der Waals surface area contributed by atoms with Crippen molar-refractivity contribution in [1.82, 2.24) is 9.78 Å². The molecule has 64 valence electrons. The van der Waals surface area contributed by atoms with Gasteiger partial charge in [-0.05, 0) is 13.8 Å². The summed E-state index contributed by atoms with van der Waals surface area (Å²) in [6.45, 7) is 4.35. The molecule has 0 aliphatic rings. The second kappa shape index (κ2) is 3.42. The van der Waals surface area contributed by atoms with Gasteiger partial charge in [-0.15, -0.1) is 0 Å². The average molecular weight is 163 g/mol. The summed E-state index contributed by atoms with van der Waals surface area (Å²) in [5.41, 5.74) is 8.34. The van der Waals surface area contributed by atoms with Crippen LogP contribution in [0.3, 0.4) is 0 Å². The van der Waals surface area contributed by atoms with E-state index in [1.54, 1.807) is 0 Å². The van der Waals surface area contributed by atoms with Crippen molar-refractivity contribution in [3.63, 3.8) is 0 Å². The number of hydrogen-bond donors (Lipinski definition) is 1. The summed E-state index contributed by atoms with van der Waals surface area (Å²) in [5.74, 6) is 5.83. The average Bonchev–Trinajstić information content (AvgIpc) is 2.25. The van der Waals surface area contributed by atoms with Crippen LogP contribution >= 0.6 is 0 Å². The lowest BCUT2D eigenvalue weighted by molar-refractivity contribution is 0.731. The molecule has 0 atom stereocenters. The van der Waals surface area contributed by atoms with E-state index in [0.29, 0.717) is 6.54 Å². The van der Waals surface area contributed by atoms with Gasteiger partial charge in [-0.3, -0.25) is 4.68 Å². The summed E-state index contributed by atoms with van der Waals surface area (Å²) >= 11 is 0. The van der Waals surface area contributed by atoms with Crippen LogP contribution in [0.1, 0.15) is 17.0 Å². The van der Waals surface area contributed by atoms with E-state index in [4.69, 9.17) is 5.73 Å². The van der Waals surface area contributed by atoms with Crippen molar-refractivity contribution in [3.8, 4) is 11.8 Å². The maximum Gasteiger partial charge on any atom is 0.0752 e. The number of nitrogens with two attached hydrogens (primary N) is 1. The zero-order valence-electron chi connectivity index (χ0n) is 7.68. The van der Waals surface area contributed by atoms with Crippen LogP contribution in [-0.4, -0.2) is 16.3 Å². The molecule has 0 aromatic carbocycles. The molecule has 0 unspecified atom stereocenters. The molecule has 0 radical (unpaired) electrons. The molecule has 0 aliphatic heterocycles. The molecule has 2 N–H and O–H groups in total. The van der Waals surface area contributed by atoms with E-state index in [-0.39, 0.29) is 0 Å². The zero-order chi connectivity index (χ0) is 9.14. The molecule has 0 spiro atoms. The van der Waals surface area contributed by atoms with Crippen LogP contribution in [0, 0.1) is 25.7 Å². The predicted octanol–water partition coefficient (Wildman–Crippen LogP) is 0.347. The van der Waals surface area contributed by atoms with Gasteiger partial charge in [0, 0.05) is 7.05 Å². The predicted molar refractivity (Wildman–Crippen MR) is 48.6 cm³/mol. The van der Waals surface area contributed by atoms with Crippen LogP contribution in [0.25, 0.3) is 0 Å². The first-order valence-corrected chi connectivity index (χ1v) is 3.86. The molecule has 0 saturated carbocycles. The van der Waals surface area contributed by atoms with E-state index in [1.807, 2.05) is 25.6 Å². The molecule has 3 nitrogen and oxygen atoms in total. The highest BCUT2D eigenvalue weighted by Crippen LogP contribution is 2.09. The molecule has 0 aliphatic carbocycles. The Morgan fingerprint density at radius 1 is 1.50 bits per heavy atom. The third-order valence-corrected chi connectivity index (χ3v) is 1.82. The summed E-state index contributed by atoms with van der Waals surface area (Å²) in [7, 11) is 1.91. The van der Waals surface area contributed by atoms with Crippen LogP contribution in [0.2, 0.25) is 0 Å². The van der Waals surface area contributed by atoms with E-state index in [0.717, 1.165) is 17.0 Å². The maximum atomic E-state index is 5.28. The number of aryl methyl sites for hydroxylation is 2. The van der Waals surface area contributed by atoms with E-state index in [9.17, 15) is 0 Å². The second-order valence-electron chi connectivity index (χ2n) is 2.68. The van der Waals surface area contributed by atoms with Gasteiger partial charge in [0.25, 0.3) is 0 Å². The Balaban J connectivity index is 3.14. The lowest BCUT2D eigenvalue weighted by atomic mass is 10.2. The highest BCUT2D eigenvalue weighted by atomic mass is 15.3. The molecular weight excluding hydrogens is 150 g/mol. The fourth-order valence-electron chi connectivity index (χ4n) is 1.09. The van der Waals surface area contributed by atoms with Crippen molar-refractivity contribution in [2.75, 3.05) is 6.54 Å². The largest absolute Gasteiger partial charge is 0.320 e. The Morgan fingerprint density at radius 3 is 2.58 bits per heavy atom. The van der Waals surface area contributed by atoms with Crippen molar-refractivity contribution in [2.45, 2.75) is 13.8 Å². The summed E-state index contributed by atoms with van der Waals surface area (Å²) in [6.07, 6.45) is 0. The van der Waals surface area contributed by atoms with Crippen molar-refractivity contribution < 1.29 is 0 Å². The molecule has 1 aromatic heterocycles. The van der Waals surface area contributed by atoms with Gasteiger partial charge in [-0.25, -0.2) is 0 Å². The minimum atomic E-state index is 0.397.